The lowest BCUT2D eigenvalue weighted by atomic mass is 9.80. The minimum Gasteiger partial charge on any atom is -0.497 e. The van der Waals surface area contributed by atoms with Gasteiger partial charge in [-0.3, -0.25) is 4.57 Å². The lowest BCUT2D eigenvalue weighted by Crippen LogP contribution is -2.50. The molecule has 5 atom stereocenters. The van der Waals surface area contributed by atoms with Crippen molar-refractivity contribution in [3.8, 4) is 40.0 Å². The molecule has 0 radical (unpaired) electrons. The lowest BCUT2D eigenvalue weighted by molar-refractivity contribution is -0.0926. The smallest absolute Gasteiger partial charge is 0.259 e. The van der Waals surface area contributed by atoms with Crippen LogP contribution in [0.4, 0.5) is 0 Å². The minimum atomic E-state index is -2.64. The molecule has 382 valence electrons. The van der Waals surface area contributed by atoms with Gasteiger partial charge in [0.25, 0.3) is 8.53 Å². The topological polar surface area (TPSA) is 135 Å². The molecule has 5 aromatic carbocycles. The molecule has 13 nitrogen and oxygen atoms in total. The first kappa shape index (κ1) is 53.4. The summed E-state index contributed by atoms with van der Waals surface area (Å²) in [5.41, 5.74) is 6.45. The van der Waals surface area contributed by atoms with Crippen LogP contribution in [0.5, 0.6) is 11.5 Å². The number of aromatic nitrogens is 4. The summed E-state index contributed by atoms with van der Waals surface area (Å²) in [6.07, 6.45) is 0.521. The molecule has 3 heterocycles. The molecular weight excluding hydrogens is 952 g/mol. The molecule has 0 saturated carbocycles. The quantitative estimate of drug-likeness (QED) is 0.0293. The minimum absolute atomic E-state index is 0.0322. The van der Waals surface area contributed by atoms with Crippen LogP contribution in [0.2, 0.25) is 18.1 Å². The molecule has 1 aliphatic rings. The third-order valence-electron chi connectivity index (χ3n) is 13.9. The van der Waals surface area contributed by atoms with Gasteiger partial charge in [0, 0.05) is 17.6 Å². The summed E-state index contributed by atoms with van der Waals surface area (Å²) in [6.45, 7) is 19.9. The predicted molar refractivity (Wildman–Crippen MR) is 291 cm³/mol. The number of nitrogens with zero attached hydrogens (tertiary/aromatic N) is 6. The van der Waals surface area contributed by atoms with E-state index in [1.807, 2.05) is 102 Å². The number of hydrogen-bond acceptors (Lipinski definition) is 12. The van der Waals surface area contributed by atoms with Gasteiger partial charge in [0.05, 0.1) is 46.3 Å². The van der Waals surface area contributed by atoms with Crippen molar-refractivity contribution in [1.82, 2.24) is 24.2 Å². The number of benzene rings is 5. The Hall–Kier alpha value is -5.85. The molecule has 0 spiro atoms. The fraction of sp³-hybridized carbons (Fsp3) is 0.379. The zero-order valence-corrected chi connectivity index (χ0v) is 45.8. The highest BCUT2D eigenvalue weighted by Crippen LogP contribution is 2.53. The van der Waals surface area contributed by atoms with Gasteiger partial charge in [-0.15, -0.1) is 0 Å². The zero-order valence-electron chi connectivity index (χ0n) is 43.9. The average molecular weight is 1020 g/mol. The van der Waals surface area contributed by atoms with Crippen LogP contribution in [0, 0.1) is 11.3 Å². The van der Waals surface area contributed by atoms with Crippen LogP contribution < -0.4 is 9.47 Å². The van der Waals surface area contributed by atoms with Crippen LogP contribution in [-0.4, -0.2) is 90.3 Å². The van der Waals surface area contributed by atoms with Gasteiger partial charge >= 0.3 is 0 Å². The van der Waals surface area contributed by atoms with E-state index in [4.69, 9.17) is 47.4 Å². The van der Waals surface area contributed by atoms with Gasteiger partial charge in [-0.2, -0.15) is 5.26 Å². The summed E-state index contributed by atoms with van der Waals surface area (Å²) in [5, 5.41) is 9.52. The Morgan fingerprint density at radius 1 is 0.726 bits per heavy atom. The first-order valence-corrected chi connectivity index (χ1v) is 29.0. The molecule has 0 aliphatic carbocycles. The van der Waals surface area contributed by atoms with Crippen molar-refractivity contribution in [3.63, 3.8) is 0 Å². The van der Waals surface area contributed by atoms with Crippen LogP contribution >= 0.6 is 8.53 Å². The molecule has 8 rings (SSSR count). The van der Waals surface area contributed by atoms with E-state index in [1.54, 1.807) is 26.9 Å². The summed E-state index contributed by atoms with van der Waals surface area (Å²) < 4.78 is 52.4. The Morgan fingerprint density at radius 2 is 1.30 bits per heavy atom. The van der Waals surface area contributed by atoms with Crippen molar-refractivity contribution < 1.29 is 32.4 Å². The van der Waals surface area contributed by atoms with E-state index in [0.717, 1.165) is 44.9 Å². The molecule has 1 saturated heterocycles. The monoisotopic (exact) mass is 1020 g/mol. The standard InChI is InChI=1S/C58H69N6O7PSi/c1-40(2)64(41(3)4)72(68-35-19-34-59)70-53-50(37-67-58(45-24-16-13-17-25-45,46-26-30-48(65-8)31-27-46)47-28-32-49(66-9)33-29-47)69-56(54(53)71-73(10,11)57(5,6)7)63-39-62-52-51(60-38-61-55(52)63)44-23-18-22-43(36-44)42-20-14-12-15-21-42/h12-18,20-33,36,38-41,50,53-54,56H,19,35,37H2,1-11H3/t50-,53-,54-,56-,72?/m1/s1. The maximum atomic E-state index is 9.72. The summed E-state index contributed by atoms with van der Waals surface area (Å²) in [6, 6.07) is 47.1. The fourth-order valence-corrected chi connectivity index (χ4v) is 12.3. The number of methoxy groups -OCH3 is 2. The first-order valence-electron chi connectivity index (χ1n) is 25.0. The SMILES string of the molecule is COc1ccc(C(OC[C@H]2O[C@@H](n3cnc4c(-c5cccc(-c6ccccc6)c5)ncnc43)[C@H](O[Si](C)(C)C(C)(C)C)[C@@H]2OP(OCCC#N)N(C(C)C)C(C)C)(c2ccccc2)c2ccc(OC)cc2)cc1. The molecule has 0 bridgehead atoms. The summed E-state index contributed by atoms with van der Waals surface area (Å²) in [4.78, 5) is 14.8. The molecule has 1 aliphatic heterocycles. The van der Waals surface area contributed by atoms with Crippen LogP contribution in [0.3, 0.4) is 0 Å². The third-order valence-corrected chi connectivity index (χ3v) is 20.5. The van der Waals surface area contributed by atoms with Gasteiger partial charge in [0.15, 0.2) is 20.2 Å². The van der Waals surface area contributed by atoms with E-state index >= 15 is 0 Å². The van der Waals surface area contributed by atoms with Crippen LogP contribution in [0.1, 0.15) is 77.8 Å². The Balaban J connectivity index is 1.31. The number of ether oxygens (including phenoxy) is 4. The van der Waals surface area contributed by atoms with Gasteiger partial charge in [-0.05, 0) is 104 Å². The van der Waals surface area contributed by atoms with E-state index in [2.05, 4.69) is 109 Å². The summed E-state index contributed by atoms with van der Waals surface area (Å²) >= 11 is 0. The van der Waals surface area contributed by atoms with E-state index in [9.17, 15) is 5.26 Å². The molecular formula is C58H69N6O7PSi. The third kappa shape index (κ3) is 11.5. The molecule has 1 fully saturated rings. The van der Waals surface area contributed by atoms with Gasteiger partial charge < -0.3 is 32.4 Å². The van der Waals surface area contributed by atoms with Crippen LogP contribution in [0.15, 0.2) is 146 Å². The first-order chi connectivity index (χ1) is 35.1. The molecule has 15 heteroatoms. The van der Waals surface area contributed by atoms with E-state index in [1.165, 1.54) is 0 Å². The number of fused-ring (bicyclic) bond motifs is 1. The fourth-order valence-electron chi connectivity index (χ4n) is 9.24. The highest BCUT2D eigenvalue weighted by atomic mass is 31.2. The second-order valence-electron chi connectivity index (χ2n) is 20.3. The molecule has 2 aromatic heterocycles. The Labute approximate surface area is 433 Å². The van der Waals surface area contributed by atoms with Crippen LogP contribution in [0.25, 0.3) is 33.5 Å². The number of hydrogen-bond donors (Lipinski definition) is 0. The van der Waals surface area contributed by atoms with E-state index in [0.29, 0.717) is 16.9 Å². The van der Waals surface area contributed by atoms with E-state index < -0.39 is 47.0 Å². The lowest BCUT2D eigenvalue weighted by Gasteiger charge is -2.42. The van der Waals surface area contributed by atoms with Crippen LogP contribution in [-0.2, 0) is 28.5 Å². The molecule has 0 N–H and O–H groups in total. The number of imidazole rings is 1. The normalized spacial score (nSPS) is 17.9. The highest BCUT2D eigenvalue weighted by Gasteiger charge is 2.54. The van der Waals surface area contributed by atoms with Crippen molar-refractivity contribution in [2.45, 2.75) is 115 Å². The highest BCUT2D eigenvalue weighted by molar-refractivity contribution is 7.44. The van der Waals surface area contributed by atoms with Crippen molar-refractivity contribution in [2.24, 2.45) is 0 Å². The Kier molecular flexibility index (Phi) is 16.9. The van der Waals surface area contributed by atoms with Crippen molar-refractivity contribution in [3.05, 3.63) is 163 Å². The van der Waals surface area contributed by atoms with Crippen molar-refractivity contribution in [1.29, 1.82) is 5.26 Å². The molecule has 0 amide bonds. The van der Waals surface area contributed by atoms with Gasteiger partial charge in [-0.1, -0.05) is 124 Å². The van der Waals surface area contributed by atoms with Gasteiger partial charge in [-0.25, -0.2) is 19.6 Å². The molecule has 73 heavy (non-hydrogen) atoms. The van der Waals surface area contributed by atoms with E-state index in [-0.39, 0.29) is 36.8 Å². The van der Waals surface area contributed by atoms with Crippen molar-refractivity contribution in [2.75, 3.05) is 27.4 Å². The largest absolute Gasteiger partial charge is 0.497 e. The maximum absolute atomic E-state index is 9.72. The van der Waals surface area contributed by atoms with Gasteiger partial charge in [0.2, 0.25) is 0 Å². The molecule has 7 aromatic rings. The Morgan fingerprint density at radius 3 is 1.88 bits per heavy atom. The second-order valence-corrected chi connectivity index (χ2v) is 26.5. The average Bonchev–Trinajstić information content (AvgIpc) is 3.97. The maximum Gasteiger partial charge on any atom is 0.259 e. The van der Waals surface area contributed by atoms with Gasteiger partial charge in [0.1, 0.15) is 52.9 Å². The predicted octanol–water partition coefficient (Wildman–Crippen LogP) is 13.1. The molecule has 1 unspecified atom stereocenters. The Bertz CT molecular complexity index is 2870. The summed E-state index contributed by atoms with van der Waals surface area (Å²) in [7, 11) is -1.11. The number of nitriles is 1. The van der Waals surface area contributed by atoms with Crippen molar-refractivity contribution >= 4 is 28.0 Å². The zero-order chi connectivity index (χ0) is 51.9. The number of rotatable bonds is 21. The second kappa shape index (κ2) is 23.1. The summed E-state index contributed by atoms with van der Waals surface area (Å²) in [5.74, 6) is 1.43.